The largest absolute Gasteiger partial charge is 0.383 e. The van der Waals surface area contributed by atoms with Gasteiger partial charge in [-0.25, -0.2) is 27.4 Å². The number of carbonyl (C=O) groups is 1. The summed E-state index contributed by atoms with van der Waals surface area (Å²) in [4.78, 5) is 23.9. The SMILES string of the molecule is CNC(=O)c1ccc2c(Cl)c(-c3nn(C4CCN(S(C)(=O)=O)CC4)c4ncnc(N)c34)[nH]c2c1. The number of piperidine rings is 1. The number of halogens is 1. The molecule has 5 rings (SSSR count). The molecule has 4 N–H and O–H groups in total. The molecule has 13 heteroatoms. The third kappa shape index (κ3) is 3.67. The molecule has 1 amide bonds. The van der Waals surface area contributed by atoms with E-state index in [9.17, 15) is 13.2 Å². The molecule has 1 aliphatic heterocycles. The standard InChI is InChI=1S/C21H23ClN8O3S/c1-24-21(31)11-3-4-13-14(9-11)27-18(16(13)22)17-15-19(23)25-10-26-20(15)30(28-17)12-5-7-29(8-6-12)34(2,32)33/h3-4,9-10,12,27H,5-8H2,1-2H3,(H,24,31)(H2,23,25,26). The van der Waals surface area contributed by atoms with Crippen LogP contribution in [0.4, 0.5) is 5.82 Å². The van der Waals surface area contributed by atoms with Crippen molar-refractivity contribution >= 4 is 55.3 Å². The maximum atomic E-state index is 12.1. The van der Waals surface area contributed by atoms with Crippen molar-refractivity contribution in [3.63, 3.8) is 0 Å². The second-order valence-corrected chi connectivity index (χ2v) is 10.7. The molecule has 0 spiro atoms. The molecule has 0 atom stereocenters. The summed E-state index contributed by atoms with van der Waals surface area (Å²) >= 11 is 6.74. The highest BCUT2D eigenvalue weighted by Gasteiger charge is 2.30. The van der Waals surface area contributed by atoms with Gasteiger partial charge in [0.1, 0.15) is 17.8 Å². The molecule has 34 heavy (non-hydrogen) atoms. The number of hydrogen-bond acceptors (Lipinski definition) is 7. The van der Waals surface area contributed by atoms with E-state index >= 15 is 0 Å². The number of benzene rings is 1. The second kappa shape index (κ2) is 8.22. The van der Waals surface area contributed by atoms with Gasteiger partial charge in [0.15, 0.2) is 5.65 Å². The van der Waals surface area contributed by atoms with Crippen LogP contribution in [0.15, 0.2) is 24.5 Å². The van der Waals surface area contributed by atoms with Gasteiger partial charge in [-0.3, -0.25) is 4.79 Å². The number of nitrogens with one attached hydrogen (secondary N) is 2. The van der Waals surface area contributed by atoms with Gasteiger partial charge in [-0.15, -0.1) is 0 Å². The number of anilines is 1. The molecule has 0 unspecified atom stereocenters. The molecule has 0 saturated carbocycles. The van der Waals surface area contributed by atoms with E-state index in [2.05, 4.69) is 20.3 Å². The predicted octanol–water partition coefficient (Wildman–Crippen LogP) is 2.17. The quantitative estimate of drug-likeness (QED) is 0.386. The normalized spacial score (nSPS) is 15.9. The van der Waals surface area contributed by atoms with Crippen molar-refractivity contribution in [2.45, 2.75) is 18.9 Å². The van der Waals surface area contributed by atoms with Crippen molar-refractivity contribution in [2.75, 3.05) is 32.1 Å². The van der Waals surface area contributed by atoms with E-state index in [1.807, 2.05) is 0 Å². The molecule has 0 radical (unpaired) electrons. The number of nitrogens with two attached hydrogens (primary N) is 1. The van der Waals surface area contributed by atoms with Crippen LogP contribution in [0.2, 0.25) is 5.02 Å². The number of hydrogen-bond donors (Lipinski definition) is 3. The van der Waals surface area contributed by atoms with Gasteiger partial charge in [0.2, 0.25) is 10.0 Å². The molecular weight excluding hydrogens is 480 g/mol. The van der Waals surface area contributed by atoms with Gasteiger partial charge in [0.25, 0.3) is 5.91 Å². The molecular formula is C21H23ClN8O3S. The number of aromatic nitrogens is 5. The maximum Gasteiger partial charge on any atom is 0.251 e. The molecule has 3 aromatic heterocycles. The van der Waals surface area contributed by atoms with Crippen LogP contribution >= 0.6 is 11.6 Å². The van der Waals surface area contributed by atoms with Crippen LogP contribution in [-0.2, 0) is 10.0 Å². The molecule has 178 valence electrons. The maximum absolute atomic E-state index is 12.1. The summed E-state index contributed by atoms with van der Waals surface area (Å²) < 4.78 is 27.1. The van der Waals surface area contributed by atoms with Gasteiger partial charge < -0.3 is 16.0 Å². The minimum absolute atomic E-state index is 0.0634. The smallest absolute Gasteiger partial charge is 0.251 e. The van der Waals surface area contributed by atoms with Crippen molar-refractivity contribution in [3.05, 3.63) is 35.1 Å². The lowest BCUT2D eigenvalue weighted by atomic mass is 10.1. The number of nitrogen functional groups attached to an aromatic ring is 1. The van der Waals surface area contributed by atoms with Crippen LogP contribution < -0.4 is 11.1 Å². The molecule has 1 fully saturated rings. The first-order valence-corrected chi connectivity index (χ1v) is 12.9. The topological polar surface area (TPSA) is 152 Å². The van der Waals surface area contributed by atoms with Gasteiger partial charge >= 0.3 is 0 Å². The summed E-state index contributed by atoms with van der Waals surface area (Å²) in [5.41, 5.74) is 9.02. The zero-order valence-corrected chi connectivity index (χ0v) is 20.1. The number of fused-ring (bicyclic) bond motifs is 2. The Balaban J connectivity index is 1.62. The molecule has 1 aliphatic rings. The molecule has 1 aromatic carbocycles. The number of H-pyrrole nitrogens is 1. The second-order valence-electron chi connectivity index (χ2n) is 8.30. The van der Waals surface area contributed by atoms with Gasteiger partial charge in [0.05, 0.1) is 28.4 Å². The number of nitrogens with zero attached hydrogens (tertiary/aromatic N) is 5. The lowest BCUT2D eigenvalue weighted by Crippen LogP contribution is -2.38. The molecule has 1 saturated heterocycles. The monoisotopic (exact) mass is 502 g/mol. The third-order valence-corrected chi connectivity index (χ3v) is 7.91. The van der Waals surface area contributed by atoms with Crippen molar-refractivity contribution < 1.29 is 13.2 Å². The average Bonchev–Trinajstić information content (AvgIpc) is 3.36. The zero-order chi connectivity index (χ0) is 24.2. The summed E-state index contributed by atoms with van der Waals surface area (Å²) in [6, 6.07) is 5.15. The first-order chi connectivity index (χ1) is 16.2. The molecule has 0 bridgehead atoms. The number of rotatable bonds is 4. The Kier molecular flexibility index (Phi) is 5.46. The van der Waals surface area contributed by atoms with Crippen molar-refractivity contribution in [2.24, 2.45) is 0 Å². The minimum atomic E-state index is -3.24. The fraction of sp³-hybridized carbons (Fsp3) is 0.333. The first-order valence-electron chi connectivity index (χ1n) is 10.7. The van der Waals surface area contributed by atoms with E-state index < -0.39 is 10.0 Å². The number of aromatic amines is 1. The highest BCUT2D eigenvalue weighted by Crippen LogP contribution is 2.40. The van der Waals surface area contributed by atoms with Crippen LogP contribution in [0, 0.1) is 0 Å². The Labute approximate surface area is 200 Å². The Morgan fingerprint density at radius 1 is 1.26 bits per heavy atom. The van der Waals surface area contributed by atoms with E-state index in [-0.39, 0.29) is 17.8 Å². The highest BCUT2D eigenvalue weighted by atomic mass is 35.5. The predicted molar refractivity (Wildman–Crippen MR) is 130 cm³/mol. The summed E-state index contributed by atoms with van der Waals surface area (Å²) in [6.07, 6.45) is 3.77. The van der Waals surface area contributed by atoms with Gasteiger partial charge in [0, 0.05) is 36.6 Å². The van der Waals surface area contributed by atoms with E-state index in [0.717, 1.165) is 5.39 Å². The fourth-order valence-electron chi connectivity index (χ4n) is 4.46. The van der Waals surface area contributed by atoms with E-state index in [4.69, 9.17) is 22.4 Å². The van der Waals surface area contributed by atoms with Crippen molar-refractivity contribution in [3.8, 4) is 11.4 Å². The average molecular weight is 503 g/mol. The Hall–Kier alpha value is -3.22. The summed E-state index contributed by atoms with van der Waals surface area (Å²) in [5.74, 6) is 0.0579. The van der Waals surface area contributed by atoms with Gasteiger partial charge in [-0.1, -0.05) is 17.7 Å². The van der Waals surface area contributed by atoms with Crippen LogP contribution in [-0.4, -0.2) is 69.8 Å². The van der Waals surface area contributed by atoms with Crippen molar-refractivity contribution in [1.82, 2.24) is 34.4 Å². The Morgan fingerprint density at radius 3 is 2.68 bits per heavy atom. The molecule has 4 heterocycles. The number of sulfonamides is 1. The van der Waals surface area contributed by atoms with Crippen LogP contribution in [0.3, 0.4) is 0 Å². The third-order valence-electron chi connectivity index (χ3n) is 6.22. The van der Waals surface area contributed by atoms with Crippen LogP contribution in [0.1, 0.15) is 29.2 Å². The lowest BCUT2D eigenvalue weighted by molar-refractivity contribution is 0.0963. The fourth-order valence-corrected chi connectivity index (χ4v) is 5.63. The van der Waals surface area contributed by atoms with Crippen molar-refractivity contribution in [1.29, 1.82) is 0 Å². The van der Waals surface area contributed by atoms with E-state index in [0.29, 0.717) is 64.5 Å². The van der Waals surface area contributed by atoms with Crippen LogP contribution in [0.5, 0.6) is 0 Å². The summed E-state index contributed by atoms with van der Waals surface area (Å²) in [5, 5.41) is 9.19. The zero-order valence-electron chi connectivity index (χ0n) is 18.5. The number of carbonyl (C=O) groups excluding carboxylic acids is 1. The molecule has 4 aromatic rings. The van der Waals surface area contributed by atoms with Gasteiger partial charge in [-0.2, -0.15) is 5.10 Å². The number of amides is 1. The van der Waals surface area contributed by atoms with E-state index in [1.54, 1.807) is 29.9 Å². The first kappa shape index (κ1) is 22.6. The highest BCUT2D eigenvalue weighted by molar-refractivity contribution is 7.88. The van der Waals surface area contributed by atoms with Gasteiger partial charge in [-0.05, 0) is 25.0 Å². The summed E-state index contributed by atoms with van der Waals surface area (Å²) in [7, 11) is -1.67. The van der Waals surface area contributed by atoms with E-state index in [1.165, 1.54) is 16.9 Å². The summed E-state index contributed by atoms with van der Waals surface area (Å²) in [6.45, 7) is 0.798. The Bertz CT molecular complexity index is 1540. The minimum Gasteiger partial charge on any atom is -0.383 e. The molecule has 11 nitrogen and oxygen atoms in total. The molecule has 0 aliphatic carbocycles. The lowest BCUT2D eigenvalue weighted by Gasteiger charge is -2.30. The Morgan fingerprint density at radius 2 is 2.00 bits per heavy atom. The van der Waals surface area contributed by atoms with Crippen LogP contribution in [0.25, 0.3) is 33.3 Å².